The van der Waals surface area contributed by atoms with Crippen LogP contribution in [0.1, 0.15) is 25.0 Å². The summed E-state index contributed by atoms with van der Waals surface area (Å²) < 4.78 is 28.3. The first kappa shape index (κ1) is 22.0. The van der Waals surface area contributed by atoms with Gasteiger partial charge in [-0.2, -0.15) is 0 Å². The minimum Gasteiger partial charge on any atom is -0.453 e. The molecule has 0 bridgehead atoms. The molecule has 7 nitrogen and oxygen atoms in total. The molecule has 1 heterocycles. The predicted molar refractivity (Wildman–Crippen MR) is 107 cm³/mol. The molecule has 30 heavy (non-hydrogen) atoms. The van der Waals surface area contributed by atoms with Gasteiger partial charge in [0.2, 0.25) is 6.29 Å². The molecule has 1 fully saturated rings. The van der Waals surface area contributed by atoms with E-state index in [1.165, 1.54) is 13.8 Å². The number of esters is 2. The Morgan fingerprint density at radius 2 is 1.37 bits per heavy atom. The summed E-state index contributed by atoms with van der Waals surface area (Å²) in [6, 6.07) is 19.3. The van der Waals surface area contributed by atoms with Crippen molar-refractivity contribution in [3.05, 3.63) is 71.8 Å². The topological polar surface area (TPSA) is 80.3 Å². The van der Waals surface area contributed by atoms with E-state index in [0.717, 1.165) is 11.1 Å². The van der Waals surface area contributed by atoms with Gasteiger partial charge in [-0.05, 0) is 11.1 Å². The van der Waals surface area contributed by atoms with E-state index < -0.39 is 36.5 Å². The predicted octanol–water partition coefficient (Wildman–Crippen LogP) is 3.01. The molecule has 0 spiro atoms. The lowest BCUT2D eigenvalue weighted by Crippen LogP contribution is -2.41. The van der Waals surface area contributed by atoms with Gasteiger partial charge >= 0.3 is 11.9 Å². The fourth-order valence-electron chi connectivity index (χ4n) is 3.24. The van der Waals surface area contributed by atoms with Crippen molar-refractivity contribution in [2.45, 2.75) is 51.7 Å². The minimum absolute atomic E-state index is 0.184. The van der Waals surface area contributed by atoms with Crippen molar-refractivity contribution < 1.29 is 33.3 Å². The van der Waals surface area contributed by atoms with Crippen LogP contribution in [0.3, 0.4) is 0 Å². The van der Waals surface area contributed by atoms with Crippen molar-refractivity contribution in [3.8, 4) is 0 Å². The Morgan fingerprint density at radius 3 is 1.93 bits per heavy atom. The first-order valence-corrected chi connectivity index (χ1v) is 9.80. The second kappa shape index (κ2) is 10.9. The van der Waals surface area contributed by atoms with E-state index in [4.69, 9.17) is 23.7 Å². The largest absolute Gasteiger partial charge is 0.453 e. The first-order chi connectivity index (χ1) is 14.5. The van der Waals surface area contributed by atoms with Crippen LogP contribution in [0, 0.1) is 0 Å². The lowest BCUT2D eigenvalue weighted by molar-refractivity contribution is -0.197. The molecule has 7 heteroatoms. The number of hydrogen-bond donors (Lipinski definition) is 0. The molecule has 1 aliphatic heterocycles. The summed E-state index contributed by atoms with van der Waals surface area (Å²) >= 11 is 0. The number of carbonyl (C=O) groups excluding carboxylic acids is 2. The van der Waals surface area contributed by atoms with Crippen LogP contribution in [-0.2, 0) is 46.5 Å². The lowest BCUT2D eigenvalue weighted by Gasteiger charge is -2.23. The van der Waals surface area contributed by atoms with Gasteiger partial charge in [-0.3, -0.25) is 9.59 Å². The maximum absolute atomic E-state index is 11.7. The van der Waals surface area contributed by atoms with Gasteiger partial charge in [0.05, 0.1) is 19.8 Å². The standard InChI is InChI=1S/C23H26O7/c1-16(24)28-22-21(27-14-19-11-7-4-8-12-19)20(30-23(22)29-17(2)25)15-26-13-18-9-5-3-6-10-18/h3-12,20-23H,13-15H2,1-2H3/t20-,21+,22-,23+/m1/s1. The Hall–Kier alpha value is -2.74. The van der Waals surface area contributed by atoms with Gasteiger partial charge in [0, 0.05) is 13.8 Å². The monoisotopic (exact) mass is 414 g/mol. The number of ether oxygens (including phenoxy) is 5. The first-order valence-electron chi connectivity index (χ1n) is 9.80. The summed E-state index contributed by atoms with van der Waals surface area (Å²) in [5.41, 5.74) is 1.98. The molecular weight excluding hydrogens is 388 g/mol. The number of benzene rings is 2. The van der Waals surface area contributed by atoms with Crippen LogP contribution in [0.25, 0.3) is 0 Å². The van der Waals surface area contributed by atoms with Crippen LogP contribution in [0.5, 0.6) is 0 Å². The maximum Gasteiger partial charge on any atom is 0.305 e. The summed E-state index contributed by atoms with van der Waals surface area (Å²) in [4.78, 5) is 23.2. The normalized spacial score (nSPS) is 23.1. The van der Waals surface area contributed by atoms with E-state index in [-0.39, 0.29) is 13.2 Å². The molecule has 0 radical (unpaired) electrons. The molecule has 4 atom stereocenters. The minimum atomic E-state index is -1.06. The summed E-state index contributed by atoms with van der Waals surface area (Å²) in [6.07, 6.45) is -3.18. The van der Waals surface area contributed by atoms with Crippen molar-refractivity contribution in [3.63, 3.8) is 0 Å². The molecule has 1 saturated heterocycles. The third kappa shape index (κ3) is 6.38. The fraction of sp³-hybridized carbons (Fsp3) is 0.391. The SMILES string of the molecule is CC(=O)O[C@H]1O[C@H](COCc2ccccc2)[C@H](OCc2ccccc2)[C@H]1OC(C)=O. The molecule has 0 N–H and O–H groups in total. The Morgan fingerprint density at radius 1 is 0.800 bits per heavy atom. The van der Waals surface area contributed by atoms with Gasteiger partial charge in [-0.25, -0.2) is 0 Å². The van der Waals surface area contributed by atoms with Gasteiger partial charge in [-0.15, -0.1) is 0 Å². The number of carbonyl (C=O) groups is 2. The second-order valence-corrected chi connectivity index (χ2v) is 6.99. The zero-order valence-electron chi connectivity index (χ0n) is 17.1. The molecule has 160 valence electrons. The molecular formula is C23H26O7. The van der Waals surface area contributed by atoms with Crippen LogP contribution in [-0.4, -0.2) is 43.1 Å². The third-order valence-electron chi connectivity index (χ3n) is 4.53. The Bertz CT molecular complexity index is 809. The summed E-state index contributed by atoms with van der Waals surface area (Å²) in [5, 5.41) is 0. The highest BCUT2D eigenvalue weighted by molar-refractivity contribution is 5.67. The zero-order chi connectivity index (χ0) is 21.3. The second-order valence-electron chi connectivity index (χ2n) is 6.99. The van der Waals surface area contributed by atoms with Crippen LogP contribution < -0.4 is 0 Å². The molecule has 3 rings (SSSR count). The van der Waals surface area contributed by atoms with E-state index >= 15 is 0 Å². The van der Waals surface area contributed by atoms with Crippen molar-refractivity contribution in [2.75, 3.05) is 6.61 Å². The maximum atomic E-state index is 11.7. The summed E-state index contributed by atoms with van der Waals surface area (Å²) in [6.45, 7) is 3.42. The molecule has 2 aromatic carbocycles. The van der Waals surface area contributed by atoms with Gasteiger partial charge in [0.15, 0.2) is 6.10 Å². The molecule has 2 aromatic rings. The van der Waals surface area contributed by atoms with Gasteiger partial charge in [-0.1, -0.05) is 60.7 Å². The Kier molecular flexibility index (Phi) is 7.96. The molecule has 0 unspecified atom stereocenters. The van der Waals surface area contributed by atoms with E-state index in [2.05, 4.69) is 0 Å². The summed E-state index contributed by atoms with van der Waals surface area (Å²) in [7, 11) is 0. The quantitative estimate of drug-likeness (QED) is 0.584. The zero-order valence-corrected chi connectivity index (χ0v) is 17.1. The van der Waals surface area contributed by atoms with Crippen molar-refractivity contribution in [1.82, 2.24) is 0 Å². The molecule has 0 aromatic heterocycles. The van der Waals surface area contributed by atoms with Gasteiger partial charge in [0.25, 0.3) is 0 Å². The average Bonchev–Trinajstić information content (AvgIpc) is 3.03. The van der Waals surface area contributed by atoms with Crippen LogP contribution >= 0.6 is 0 Å². The lowest BCUT2D eigenvalue weighted by atomic mass is 10.1. The number of hydrogen-bond acceptors (Lipinski definition) is 7. The van der Waals surface area contributed by atoms with E-state index in [0.29, 0.717) is 6.61 Å². The number of rotatable bonds is 9. The average molecular weight is 414 g/mol. The van der Waals surface area contributed by atoms with E-state index in [1.807, 2.05) is 60.7 Å². The van der Waals surface area contributed by atoms with E-state index in [9.17, 15) is 9.59 Å². The highest BCUT2D eigenvalue weighted by atomic mass is 16.7. The van der Waals surface area contributed by atoms with Crippen LogP contribution in [0.15, 0.2) is 60.7 Å². The molecule has 0 aliphatic carbocycles. The molecule has 0 amide bonds. The smallest absolute Gasteiger partial charge is 0.305 e. The van der Waals surface area contributed by atoms with Crippen LogP contribution in [0.2, 0.25) is 0 Å². The Balaban J connectivity index is 1.70. The molecule has 1 aliphatic rings. The van der Waals surface area contributed by atoms with Gasteiger partial charge in [0.1, 0.15) is 12.2 Å². The third-order valence-corrected chi connectivity index (χ3v) is 4.53. The van der Waals surface area contributed by atoms with Crippen molar-refractivity contribution >= 4 is 11.9 Å². The van der Waals surface area contributed by atoms with E-state index in [1.54, 1.807) is 0 Å². The fourth-order valence-corrected chi connectivity index (χ4v) is 3.24. The Labute approximate surface area is 175 Å². The van der Waals surface area contributed by atoms with Crippen molar-refractivity contribution in [2.24, 2.45) is 0 Å². The highest BCUT2D eigenvalue weighted by Crippen LogP contribution is 2.29. The highest BCUT2D eigenvalue weighted by Gasteiger charge is 2.49. The summed E-state index contributed by atoms with van der Waals surface area (Å²) in [5.74, 6) is -1.05. The van der Waals surface area contributed by atoms with Crippen LogP contribution in [0.4, 0.5) is 0 Å². The van der Waals surface area contributed by atoms with Crippen molar-refractivity contribution in [1.29, 1.82) is 0 Å². The molecule has 0 saturated carbocycles. The van der Waals surface area contributed by atoms with Gasteiger partial charge < -0.3 is 23.7 Å².